The molecule has 0 saturated heterocycles. The van der Waals surface area contributed by atoms with Crippen LogP contribution in [0.5, 0.6) is 0 Å². The van der Waals surface area contributed by atoms with Gasteiger partial charge in [-0.25, -0.2) is 4.98 Å². The highest BCUT2D eigenvalue weighted by Crippen LogP contribution is 2.33. The summed E-state index contributed by atoms with van der Waals surface area (Å²) in [6.07, 6.45) is -0.780. The predicted molar refractivity (Wildman–Crippen MR) is 93.5 cm³/mol. The van der Waals surface area contributed by atoms with Crippen molar-refractivity contribution in [2.45, 2.75) is 31.0 Å². The smallest absolute Gasteiger partial charge is 0.251 e. The van der Waals surface area contributed by atoms with Crippen LogP contribution in [0.3, 0.4) is 0 Å². The lowest BCUT2D eigenvalue weighted by Crippen LogP contribution is -2.31. The highest BCUT2D eigenvalue weighted by atomic mass is 19.4. The van der Waals surface area contributed by atoms with Gasteiger partial charge in [0, 0.05) is 0 Å². The van der Waals surface area contributed by atoms with Crippen LogP contribution in [-0.4, -0.2) is 14.8 Å². The third kappa shape index (κ3) is 4.34. The van der Waals surface area contributed by atoms with Crippen LogP contribution in [-0.2, 0) is 24.6 Å². The van der Waals surface area contributed by atoms with Gasteiger partial charge in [-0.05, 0) is 30.0 Å². The molecule has 138 valence electrons. The van der Waals surface area contributed by atoms with Gasteiger partial charge in [0.1, 0.15) is 18.1 Å². The zero-order valence-electron chi connectivity index (χ0n) is 14.4. The Morgan fingerprint density at radius 3 is 2.37 bits per heavy atom. The minimum Gasteiger partial charge on any atom is -0.251 e. The zero-order valence-corrected chi connectivity index (χ0v) is 14.4. The molecule has 3 aromatic rings. The molecule has 1 aromatic heterocycles. The van der Waals surface area contributed by atoms with Gasteiger partial charge in [0.05, 0.1) is 18.2 Å². The average Bonchev–Trinajstić information content (AvgIpc) is 3.18. The molecule has 27 heavy (non-hydrogen) atoms. The van der Waals surface area contributed by atoms with Gasteiger partial charge in [0.25, 0.3) is 0 Å². The van der Waals surface area contributed by atoms with Gasteiger partial charge >= 0.3 is 6.18 Å². The molecule has 0 amide bonds. The summed E-state index contributed by atoms with van der Waals surface area (Å²) in [7, 11) is 0. The van der Waals surface area contributed by atoms with Crippen molar-refractivity contribution < 1.29 is 13.2 Å². The molecule has 0 aliphatic rings. The number of benzene rings is 2. The summed E-state index contributed by atoms with van der Waals surface area (Å²) in [5, 5.41) is 14.1. The largest absolute Gasteiger partial charge is 0.416 e. The second kappa shape index (κ2) is 7.62. The number of nitriles is 1. The maximum Gasteiger partial charge on any atom is 0.416 e. The Labute approximate surface area is 154 Å². The predicted octanol–water partition coefficient (Wildman–Crippen LogP) is 4.39. The first-order chi connectivity index (χ1) is 12.9. The van der Waals surface area contributed by atoms with Gasteiger partial charge in [0.15, 0.2) is 0 Å². The topological polar surface area (TPSA) is 54.5 Å². The van der Waals surface area contributed by atoms with Crippen LogP contribution in [0.2, 0.25) is 0 Å². The fourth-order valence-corrected chi connectivity index (χ4v) is 3.08. The minimum absolute atomic E-state index is 0.270. The number of hydrogen-bond donors (Lipinski definition) is 0. The van der Waals surface area contributed by atoms with Gasteiger partial charge in [-0.3, -0.25) is 4.68 Å². The van der Waals surface area contributed by atoms with Gasteiger partial charge in [0.2, 0.25) is 0 Å². The molecule has 0 aliphatic carbocycles. The van der Waals surface area contributed by atoms with E-state index in [2.05, 4.69) is 16.2 Å². The van der Waals surface area contributed by atoms with Crippen LogP contribution >= 0.6 is 0 Å². The SMILES string of the molecule is N#CC(CCc1cccc(C(F)(F)F)c1)(Cn1cncn1)c1ccccc1. The Hall–Kier alpha value is -3.14. The molecule has 0 N–H and O–H groups in total. The Morgan fingerprint density at radius 1 is 1.00 bits per heavy atom. The van der Waals surface area contributed by atoms with E-state index in [9.17, 15) is 18.4 Å². The molecule has 2 aromatic carbocycles. The summed E-state index contributed by atoms with van der Waals surface area (Å²) < 4.78 is 40.4. The molecule has 0 aliphatic heterocycles. The fraction of sp³-hybridized carbons (Fsp3) is 0.250. The number of aromatic nitrogens is 3. The van der Waals surface area contributed by atoms with E-state index in [0.717, 1.165) is 17.7 Å². The van der Waals surface area contributed by atoms with Gasteiger partial charge in [-0.15, -0.1) is 0 Å². The first-order valence-electron chi connectivity index (χ1n) is 8.38. The number of nitrogens with zero attached hydrogens (tertiary/aromatic N) is 4. The lowest BCUT2D eigenvalue weighted by molar-refractivity contribution is -0.137. The van der Waals surface area contributed by atoms with Crippen LogP contribution < -0.4 is 0 Å². The second-order valence-electron chi connectivity index (χ2n) is 6.35. The van der Waals surface area contributed by atoms with Gasteiger partial charge in [-0.1, -0.05) is 48.5 Å². The lowest BCUT2D eigenvalue weighted by atomic mass is 9.77. The molecule has 0 radical (unpaired) electrons. The van der Waals surface area contributed by atoms with Crippen molar-refractivity contribution in [2.75, 3.05) is 0 Å². The maximum atomic E-state index is 13.0. The molecule has 0 fully saturated rings. The summed E-state index contributed by atoms with van der Waals surface area (Å²) in [5.41, 5.74) is -0.268. The van der Waals surface area contributed by atoms with Crippen LogP contribution in [0.25, 0.3) is 0 Å². The first kappa shape index (κ1) is 18.6. The van der Waals surface area contributed by atoms with Crippen LogP contribution in [0, 0.1) is 11.3 Å². The first-order valence-corrected chi connectivity index (χ1v) is 8.38. The zero-order chi connectivity index (χ0) is 19.3. The molecule has 0 saturated carbocycles. The normalized spacial score (nSPS) is 13.7. The Morgan fingerprint density at radius 2 is 1.74 bits per heavy atom. The number of hydrogen-bond acceptors (Lipinski definition) is 3. The van der Waals surface area contributed by atoms with Crippen molar-refractivity contribution in [1.82, 2.24) is 14.8 Å². The van der Waals surface area contributed by atoms with E-state index in [-0.39, 0.29) is 6.54 Å². The molecule has 0 spiro atoms. The Kier molecular flexibility index (Phi) is 5.26. The highest BCUT2D eigenvalue weighted by Gasteiger charge is 2.34. The van der Waals surface area contributed by atoms with E-state index < -0.39 is 17.2 Å². The van der Waals surface area contributed by atoms with E-state index in [0.29, 0.717) is 18.4 Å². The highest BCUT2D eigenvalue weighted by molar-refractivity contribution is 5.33. The quantitative estimate of drug-likeness (QED) is 0.647. The average molecular weight is 370 g/mol. The molecule has 1 atom stereocenters. The van der Waals surface area contributed by atoms with E-state index in [1.807, 2.05) is 30.3 Å². The van der Waals surface area contributed by atoms with Crippen molar-refractivity contribution >= 4 is 0 Å². The van der Waals surface area contributed by atoms with Crippen molar-refractivity contribution in [3.63, 3.8) is 0 Å². The summed E-state index contributed by atoms with van der Waals surface area (Å²) in [5.74, 6) is 0. The molecule has 3 rings (SSSR count). The fourth-order valence-electron chi connectivity index (χ4n) is 3.08. The van der Waals surface area contributed by atoms with Crippen molar-refractivity contribution in [1.29, 1.82) is 5.26 Å². The van der Waals surface area contributed by atoms with Crippen molar-refractivity contribution in [3.8, 4) is 6.07 Å². The molecular formula is C20H17F3N4. The third-order valence-corrected chi connectivity index (χ3v) is 4.53. The number of halogens is 3. The van der Waals surface area contributed by atoms with Gasteiger partial charge < -0.3 is 0 Å². The summed E-state index contributed by atoms with van der Waals surface area (Å²) in [6, 6.07) is 16.9. The van der Waals surface area contributed by atoms with E-state index in [1.165, 1.54) is 18.7 Å². The van der Waals surface area contributed by atoms with Gasteiger partial charge in [-0.2, -0.15) is 23.5 Å². The molecule has 0 bridgehead atoms. The Balaban J connectivity index is 1.89. The molecular weight excluding hydrogens is 353 g/mol. The van der Waals surface area contributed by atoms with E-state index in [1.54, 1.807) is 10.7 Å². The summed E-state index contributed by atoms with van der Waals surface area (Å²) >= 11 is 0. The lowest BCUT2D eigenvalue weighted by Gasteiger charge is -2.27. The van der Waals surface area contributed by atoms with E-state index in [4.69, 9.17) is 0 Å². The monoisotopic (exact) mass is 370 g/mol. The number of alkyl halides is 3. The van der Waals surface area contributed by atoms with Crippen molar-refractivity contribution in [3.05, 3.63) is 83.9 Å². The maximum absolute atomic E-state index is 13.0. The molecule has 4 nitrogen and oxygen atoms in total. The van der Waals surface area contributed by atoms with Crippen LogP contribution in [0.15, 0.2) is 67.3 Å². The van der Waals surface area contributed by atoms with Crippen LogP contribution in [0.1, 0.15) is 23.1 Å². The van der Waals surface area contributed by atoms with Crippen molar-refractivity contribution in [2.24, 2.45) is 0 Å². The molecule has 1 unspecified atom stereocenters. The third-order valence-electron chi connectivity index (χ3n) is 4.53. The molecule has 1 heterocycles. The standard InChI is InChI=1S/C20H17F3N4/c21-20(22,23)18-8-4-5-16(11-18)9-10-19(12-24,13-27-15-25-14-26-27)17-6-2-1-3-7-17/h1-8,11,14-15H,9-10,13H2. The number of aryl methyl sites for hydroxylation is 1. The molecule has 7 heteroatoms. The summed E-state index contributed by atoms with van der Waals surface area (Å²) in [4.78, 5) is 3.91. The van der Waals surface area contributed by atoms with Crippen LogP contribution in [0.4, 0.5) is 13.2 Å². The Bertz CT molecular complexity index is 914. The summed E-state index contributed by atoms with van der Waals surface area (Å²) in [6.45, 7) is 0.270. The second-order valence-corrected chi connectivity index (χ2v) is 6.35. The number of rotatable bonds is 6. The van der Waals surface area contributed by atoms with E-state index >= 15 is 0 Å². The minimum atomic E-state index is -4.39.